The highest BCUT2D eigenvalue weighted by atomic mass is 79.9. The first-order chi connectivity index (χ1) is 8.92. The van der Waals surface area contributed by atoms with Crippen molar-refractivity contribution in [1.82, 2.24) is 0 Å². The summed E-state index contributed by atoms with van der Waals surface area (Å²) in [4.78, 5) is 2.24. The summed E-state index contributed by atoms with van der Waals surface area (Å²) in [5.41, 5.74) is 6.70. The molecule has 1 unspecified atom stereocenters. The van der Waals surface area contributed by atoms with Crippen molar-refractivity contribution in [2.24, 2.45) is 11.7 Å². The van der Waals surface area contributed by atoms with E-state index in [0.717, 1.165) is 19.5 Å². The van der Waals surface area contributed by atoms with E-state index < -0.39 is 0 Å². The van der Waals surface area contributed by atoms with Crippen LogP contribution in [0.4, 0.5) is 10.1 Å². The van der Waals surface area contributed by atoms with Gasteiger partial charge in [0.25, 0.3) is 0 Å². The van der Waals surface area contributed by atoms with Crippen molar-refractivity contribution in [3.8, 4) is 0 Å². The molecule has 0 radical (unpaired) electrons. The smallest absolute Gasteiger partial charge is 0.161 e. The summed E-state index contributed by atoms with van der Waals surface area (Å²) in [5, 5.41) is 0. The van der Waals surface area contributed by atoms with Crippen LogP contribution in [0.15, 0.2) is 16.6 Å². The maximum absolute atomic E-state index is 14.4. The Kier molecular flexibility index (Phi) is 6.20. The largest absolute Gasteiger partial charge is 0.389 e. The Labute approximate surface area is 128 Å². The van der Waals surface area contributed by atoms with Crippen molar-refractivity contribution in [2.75, 3.05) is 18.0 Å². The van der Waals surface area contributed by atoms with E-state index in [-0.39, 0.29) is 10.8 Å². The van der Waals surface area contributed by atoms with Gasteiger partial charge >= 0.3 is 0 Å². The van der Waals surface area contributed by atoms with Gasteiger partial charge in [0, 0.05) is 18.7 Å². The predicted molar refractivity (Wildman–Crippen MR) is 87.3 cm³/mol. The lowest BCUT2D eigenvalue weighted by atomic mass is 10.1. The van der Waals surface area contributed by atoms with Crippen LogP contribution >= 0.6 is 28.1 Å². The molecule has 1 aromatic carbocycles. The highest BCUT2D eigenvalue weighted by Crippen LogP contribution is 2.30. The van der Waals surface area contributed by atoms with E-state index in [1.807, 2.05) is 11.8 Å². The average Bonchev–Trinajstić information content (AvgIpc) is 2.38. The van der Waals surface area contributed by atoms with E-state index in [0.29, 0.717) is 21.6 Å². The predicted octanol–water partition coefficient (Wildman–Crippen LogP) is 4.09. The number of hydrogen-bond donors (Lipinski definition) is 1. The second-order valence-corrected chi connectivity index (χ2v) is 5.91. The number of halogens is 2. The highest BCUT2D eigenvalue weighted by molar-refractivity contribution is 9.10. The molecule has 0 aliphatic heterocycles. The van der Waals surface area contributed by atoms with Gasteiger partial charge in [0.15, 0.2) is 5.82 Å². The minimum absolute atomic E-state index is 0.197. The third-order valence-electron chi connectivity index (χ3n) is 3.28. The van der Waals surface area contributed by atoms with Gasteiger partial charge in [-0.05, 0) is 40.9 Å². The molecule has 2 nitrogen and oxygen atoms in total. The Balaban J connectivity index is 3.12. The summed E-state index contributed by atoms with van der Waals surface area (Å²) in [6.07, 6.45) is 1.07. The molecule has 0 amide bonds. The molecule has 1 rings (SSSR count). The first-order valence-corrected chi connectivity index (χ1v) is 7.65. The average molecular weight is 347 g/mol. The van der Waals surface area contributed by atoms with E-state index in [4.69, 9.17) is 18.0 Å². The lowest BCUT2D eigenvalue weighted by molar-refractivity contribution is 0.537. The van der Waals surface area contributed by atoms with Gasteiger partial charge in [0.1, 0.15) is 4.99 Å². The highest BCUT2D eigenvalue weighted by Gasteiger charge is 2.17. The van der Waals surface area contributed by atoms with Crippen LogP contribution in [0.3, 0.4) is 0 Å². The summed E-state index contributed by atoms with van der Waals surface area (Å²) in [7, 11) is 0. The number of nitrogens with two attached hydrogens (primary N) is 1. The molecule has 0 spiro atoms. The van der Waals surface area contributed by atoms with Gasteiger partial charge < -0.3 is 10.6 Å². The number of hydrogen-bond acceptors (Lipinski definition) is 2. The zero-order valence-corrected chi connectivity index (χ0v) is 13.9. The number of nitrogens with zero attached hydrogens (tertiary/aromatic N) is 1. The van der Waals surface area contributed by atoms with E-state index in [1.54, 1.807) is 12.1 Å². The van der Waals surface area contributed by atoms with Crippen molar-refractivity contribution >= 4 is 38.8 Å². The summed E-state index contributed by atoms with van der Waals surface area (Å²) in [5.74, 6) is 0.226. The number of anilines is 1. The third-order valence-corrected chi connectivity index (χ3v) is 4.27. The zero-order chi connectivity index (χ0) is 14.6. The number of thiocarbonyl (C=S) groups is 1. The molecule has 5 heteroatoms. The minimum atomic E-state index is -0.296. The van der Waals surface area contributed by atoms with Crippen molar-refractivity contribution in [2.45, 2.75) is 27.2 Å². The molecule has 106 valence electrons. The van der Waals surface area contributed by atoms with Gasteiger partial charge in [0.05, 0.1) is 10.2 Å². The zero-order valence-electron chi connectivity index (χ0n) is 11.5. The van der Waals surface area contributed by atoms with Crippen molar-refractivity contribution in [3.05, 3.63) is 28.0 Å². The molecule has 0 aliphatic rings. The van der Waals surface area contributed by atoms with Crippen LogP contribution in [0.5, 0.6) is 0 Å². The molecule has 0 saturated heterocycles. The molecule has 0 saturated carbocycles. The van der Waals surface area contributed by atoms with Gasteiger partial charge in [-0.3, -0.25) is 0 Å². The van der Waals surface area contributed by atoms with Crippen LogP contribution in [-0.4, -0.2) is 18.1 Å². The molecule has 1 aromatic rings. The van der Waals surface area contributed by atoms with E-state index >= 15 is 0 Å². The van der Waals surface area contributed by atoms with Gasteiger partial charge in [0.2, 0.25) is 0 Å². The fourth-order valence-corrected chi connectivity index (χ4v) is 2.73. The normalized spacial score (nSPS) is 12.3. The summed E-state index contributed by atoms with van der Waals surface area (Å²) in [6.45, 7) is 7.93. The van der Waals surface area contributed by atoms with E-state index in [1.165, 1.54) is 0 Å². The molecule has 0 aliphatic carbocycles. The van der Waals surface area contributed by atoms with E-state index in [2.05, 4.69) is 29.8 Å². The van der Waals surface area contributed by atoms with Crippen LogP contribution in [0.25, 0.3) is 0 Å². The third kappa shape index (κ3) is 3.89. The first-order valence-electron chi connectivity index (χ1n) is 6.45. The summed E-state index contributed by atoms with van der Waals surface area (Å²) < 4.78 is 14.8. The number of benzene rings is 1. The molecule has 0 bridgehead atoms. The SMILES string of the molecule is CCC(C)CN(CC)c1ccc(C(N)=S)c(Br)c1F. The molecular formula is C14H20BrFN2S. The van der Waals surface area contributed by atoms with Crippen LogP contribution in [0.2, 0.25) is 0 Å². The Morgan fingerprint density at radius 2 is 2.11 bits per heavy atom. The van der Waals surface area contributed by atoms with Crippen LogP contribution in [-0.2, 0) is 0 Å². The quantitative estimate of drug-likeness (QED) is 0.786. The van der Waals surface area contributed by atoms with Crippen molar-refractivity contribution in [3.63, 3.8) is 0 Å². The summed E-state index contributed by atoms with van der Waals surface area (Å²) in [6, 6.07) is 3.52. The van der Waals surface area contributed by atoms with Gasteiger partial charge in [-0.15, -0.1) is 0 Å². The Bertz CT molecular complexity index is 465. The van der Waals surface area contributed by atoms with Crippen molar-refractivity contribution < 1.29 is 4.39 Å². The second-order valence-electron chi connectivity index (χ2n) is 4.68. The molecule has 0 heterocycles. The lowest BCUT2D eigenvalue weighted by Crippen LogP contribution is -2.29. The summed E-state index contributed by atoms with van der Waals surface area (Å²) >= 11 is 8.15. The van der Waals surface area contributed by atoms with Crippen LogP contribution in [0.1, 0.15) is 32.8 Å². The van der Waals surface area contributed by atoms with Crippen molar-refractivity contribution in [1.29, 1.82) is 0 Å². The maximum atomic E-state index is 14.4. The number of rotatable bonds is 6. The fraction of sp³-hybridized carbons (Fsp3) is 0.500. The van der Waals surface area contributed by atoms with Gasteiger partial charge in [-0.2, -0.15) is 0 Å². The Hall–Kier alpha value is -0.680. The van der Waals surface area contributed by atoms with Crippen LogP contribution < -0.4 is 10.6 Å². The lowest BCUT2D eigenvalue weighted by Gasteiger charge is -2.27. The Morgan fingerprint density at radius 3 is 2.58 bits per heavy atom. The molecule has 0 fully saturated rings. The topological polar surface area (TPSA) is 29.3 Å². The molecule has 19 heavy (non-hydrogen) atoms. The van der Waals surface area contributed by atoms with Crippen LogP contribution in [0, 0.1) is 11.7 Å². The molecular weight excluding hydrogens is 327 g/mol. The standard InChI is InChI=1S/C14H20BrFN2S/c1-4-9(3)8-18(5-2)11-7-6-10(14(17)19)12(15)13(11)16/h6-7,9H,4-5,8H2,1-3H3,(H2,17,19). The fourth-order valence-electron chi connectivity index (χ4n) is 1.88. The minimum Gasteiger partial charge on any atom is -0.389 e. The Morgan fingerprint density at radius 1 is 1.47 bits per heavy atom. The first kappa shape index (κ1) is 16.4. The van der Waals surface area contributed by atoms with Gasteiger partial charge in [-0.1, -0.05) is 32.5 Å². The molecule has 0 aromatic heterocycles. The van der Waals surface area contributed by atoms with E-state index in [9.17, 15) is 4.39 Å². The maximum Gasteiger partial charge on any atom is 0.161 e. The monoisotopic (exact) mass is 346 g/mol. The molecule has 2 N–H and O–H groups in total. The van der Waals surface area contributed by atoms with Gasteiger partial charge in [-0.25, -0.2) is 4.39 Å². The second kappa shape index (κ2) is 7.20. The molecule has 1 atom stereocenters.